The van der Waals surface area contributed by atoms with E-state index in [1.807, 2.05) is 32.0 Å². The zero-order valence-corrected chi connectivity index (χ0v) is 12.7. The van der Waals surface area contributed by atoms with E-state index in [0.717, 1.165) is 21.2 Å². The summed E-state index contributed by atoms with van der Waals surface area (Å²) in [5.74, 6) is -0.121. The van der Waals surface area contributed by atoms with Crippen LogP contribution in [0.4, 0.5) is 5.69 Å². The minimum atomic E-state index is -0.803. The second-order valence-corrected chi connectivity index (χ2v) is 5.83. The zero-order valence-electron chi connectivity index (χ0n) is 10.5. The van der Waals surface area contributed by atoms with Gasteiger partial charge in [0.25, 0.3) is 0 Å². The fourth-order valence-electron chi connectivity index (χ4n) is 1.63. The van der Waals surface area contributed by atoms with Gasteiger partial charge in [-0.1, -0.05) is 19.4 Å². The standard InChI is InChI=1S/C13H19IN2O/c1-4-7-13(3,15)12(17)16-11-8-10(14)6-5-9(11)2/h5-6,8H,4,7,15H2,1-3H3,(H,16,17). The molecule has 1 aromatic carbocycles. The second kappa shape index (κ2) is 5.82. The summed E-state index contributed by atoms with van der Waals surface area (Å²) in [6.07, 6.45) is 1.58. The Labute approximate surface area is 116 Å². The number of carbonyl (C=O) groups excluding carboxylic acids is 1. The van der Waals surface area contributed by atoms with Crippen molar-refractivity contribution in [3.63, 3.8) is 0 Å². The van der Waals surface area contributed by atoms with Crippen molar-refractivity contribution < 1.29 is 4.79 Å². The molecule has 17 heavy (non-hydrogen) atoms. The average molecular weight is 346 g/mol. The molecule has 0 aliphatic carbocycles. The largest absolute Gasteiger partial charge is 0.324 e. The van der Waals surface area contributed by atoms with Crippen LogP contribution in [0, 0.1) is 10.5 Å². The van der Waals surface area contributed by atoms with Gasteiger partial charge in [-0.2, -0.15) is 0 Å². The molecule has 0 fully saturated rings. The van der Waals surface area contributed by atoms with E-state index in [0.29, 0.717) is 6.42 Å². The molecule has 0 saturated heterocycles. The van der Waals surface area contributed by atoms with Gasteiger partial charge in [-0.25, -0.2) is 0 Å². The zero-order chi connectivity index (χ0) is 13.1. The van der Waals surface area contributed by atoms with Gasteiger partial charge in [-0.3, -0.25) is 4.79 Å². The third kappa shape index (κ3) is 3.96. The molecule has 1 atom stereocenters. The summed E-state index contributed by atoms with van der Waals surface area (Å²) in [4.78, 5) is 12.0. The van der Waals surface area contributed by atoms with E-state index < -0.39 is 5.54 Å². The van der Waals surface area contributed by atoms with Crippen LogP contribution in [0.25, 0.3) is 0 Å². The van der Waals surface area contributed by atoms with Crippen molar-refractivity contribution in [3.05, 3.63) is 27.3 Å². The number of rotatable bonds is 4. The van der Waals surface area contributed by atoms with E-state index in [9.17, 15) is 4.79 Å². The minimum absolute atomic E-state index is 0.121. The Kier molecular flexibility index (Phi) is 4.94. The first-order valence-corrected chi connectivity index (χ1v) is 6.81. The van der Waals surface area contributed by atoms with E-state index in [2.05, 4.69) is 27.9 Å². The number of benzene rings is 1. The predicted molar refractivity (Wildman–Crippen MR) is 80.0 cm³/mol. The number of aryl methyl sites for hydroxylation is 1. The lowest BCUT2D eigenvalue weighted by molar-refractivity contribution is -0.120. The van der Waals surface area contributed by atoms with E-state index in [-0.39, 0.29) is 5.91 Å². The molecule has 1 unspecified atom stereocenters. The molecule has 0 aliphatic rings. The summed E-state index contributed by atoms with van der Waals surface area (Å²) in [5, 5.41) is 2.91. The summed E-state index contributed by atoms with van der Waals surface area (Å²) in [6, 6.07) is 5.96. The Morgan fingerprint density at radius 3 is 2.76 bits per heavy atom. The highest BCUT2D eigenvalue weighted by Crippen LogP contribution is 2.20. The fourth-order valence-corrected chi connectivity index (χ4v) is 2.12. The fraction of sp³-hybridized carbons (Fsp3) is 0.462. The minimum Gasteiger partial charge on any atom is -0.324 e. The highest BCUT2D eigenvalue weighted by atomic mass is 127. The van der Waals surface area contributed by atoms with Gasteiger partial charge in [0.1, 0.15) is 0 Å². The van der Waals surface area contributed by atoms with Crippen LogP contribution in [0.5, 0.6) is 0 Å². The molecular weight excluding hydrogens is 327 g/mol. The Balaban J connectivity index is 2.84. The third-order valence-corrected chi connectivity index (χ3v) is 3.41. The van der Waals surface area contributed by atoms with E-state index in [1.54, 1.807) is 6.92 Å². The van der Waals surface area contributed by atoms with Gasteiger partial charge in [0.05, 0.1) is 5.54 Å². The van der Waals surface area contributed by atoms with Crippen LogP contribution >= 0.6 is 22.6 Å². The van der Waals surface area contributed by atoms with Crippen molar-refractivity contribution in [3.8, 4) is 0 Å². The Morgan fingerprint density at radius 1 is 1.53 bits per heavy atom. The molecule has 3 nitrogen and oxygen atoms in total. The molecular formula is C13H19IN2O. The monoisotopic (exact) mass is 346 g/mol. The first-order valence-electron chi connectivity index (χ1n) is 5.73. The second-order valence-electron chi connectivity index (χ2n) is 4.58. The van der Waals surface area contributed by atoms with Gasteiger partial charge in [-0.15, -0.1) is 0 Å². The van der Waals surface area contributed by atoms with Crippen LogP contribution in [0.15, 0.2) is 18.2 Å². The molecule has 1 amide bonds. The smallest absolute Gasteiger partial charge is 0.244 e. The topological polar surface area (TPSA) is 55.1 Å². The van der Waals surface area contributed by atoms with Gasteiger partial charge in [-0.05, 0) is 60.6 Å². The van der Waals surface area contributed by atoms with Gasteiger partial charge < -0.3 is 11.1 Å². The van der Waals surface area contributed by atoms with E-state index in [4.69, 9.17) is 5.73 Å². The van der Waals surface area contributed by atoms with Crippen LogP contribution in [0.1, 0.15) is 32.3 Å². The van der Waals surface area contributed by atoms with Crippen molar-refractivity contribution >= 4 is 34.2 Å². The summed E-state index contributed by atoms with van der Waals surface area (Å²) < 4.78 is 1.10. The maximum atomic E-state index is 12.0. The molecule has 1 aromatic rings. The number of hydrogen-bond acceptors (Lipinski definition) is 2. The lowest BCUT2D eigenvalue weighted by atomic mass is 9.96. The van der Waals surface area contributed by atoms with E-state index >= 15 is 0 Å². The number of hydrogen-bond donors (Lipinski definition) is 2. The SMILES string of the molecule is CCCC(C)(N)C(=O)Nc1cc(I)ccc1C. The van der Waals surface area contributed by atoms with Gasteiger partial charge in [0.2, 0.25) is 5.91 Å². The molecule has 0 saturated carbocycles. The quantitative estimate of drug-likeness (QED) is 0.824. The van der Waals surface area contributed by atoms with Crippen molar-refractivity contribution in [1.82, 2.24) is 0 Å². The number of amides is 1. The number of halogens is 1. The molecule has 1 rings (SSSR count). The van der Waals surface area contributed by atoms with Crippen molar-refractivity contribution in [2.45, 2.75) is 39.2 Å². The summed E-state index contributed by atoms with van der Waals surface area (Å²) in [6.45, 7) is 5.77. The van der Waals surface area contributed by atoms with Crippen LogP contribution in [0.2, 0.25) is 0 Å². The highest BCUT2D eigenvalue weighted by molar-refractivity contribution is 14.1. The molecule has 0 heterocycles. The first kappa shape index (κ1) is 14.4. The number of carbonyl (C=O) groups is 1. The van der Waals surface area contributed by atoms with Crippen molar-refractivity contribution in [1.29, 1.82) is 0 Å². The molecule has 0 aromatic heterocycles. The summed E-state index contributed by atoms with van der Waals surface area (Å²) in [5.41, 5.74) is 7.08. The average Bonchev–Trinajstić information content (AvgIpc) is 2.23. The molecule has 0 aliphatic heterocycles. The van der Waals surface area contributed by atoms with Crippen molar-refractivity contribution in [2.24, 2.45) is 5.73 Å². The third-order valence-electron chi connectivity index (χ3n) is 2.74. The van der Waals surface area contributed by atoms with Crippen molar-refractivity contribution in [2.75, 3.05) is 5.32 Å². The van der Waals surface area contributed by atoms with Crippen LogP contribution < -0.4 is 11.1 Å². The number of nitrogens with two attached hydrogens (primary N) is 1. The lowest BCUT2D eigenvalue weighted by Crippen LogP contribution is -2.48. The highest BCUT2D eigenvalue weighted by Gasteiger charge is 2.27. The Hall–Kier alpha value is -0.620. The maximum absolute atomic E-state index is 12.0. The van der Waals surface area contributed by atoms with Crippen LogP contribution in [0.3, 0.4) is 0 Å². The van der Waals surface area contributed by atoms with E-state index in [1.165, 1.54) is 0 Å². The maximum Gasteiger partial charge on any atom is 0.244 e. The van der Waals surface area contributed by atoms with Gasteiger partial charge in [0.15, 0.2) is 0 Å². The molecule has 0 radical (unpaired) electrons. The molecule has 0 bridgehead atoms. The molecule has 0 spiro atoms. The molecule has 94 valence electrons. The summed E-state index contributed by atoms with van der Waals surface area (Å²) in [7, 11) is 0. The molecule has 4 heteroatoms. The first-order chi connectivity index (χ1) is 7.86. The lowest BCUT2D eigenvalue weighted by Gasteiger charge is -2.23. The Morgan fingerprint density at radius 2 is 2.18 bits per heavy atom. The number of anilines is 1. The predicted octanol–water partition coefficient (Wildman–Crippen LogP) is 3.06. The van der Waals surface area contributed by atoms with Gasteiger partial charge >= 0.3 is 0 Å². The Bertz CT molecular complexity index is 416. The van der Waals surface area contributed by atoms with Crippen LogP contribution in [-0.4, -0.2) is 11.4 Å². The normalized spacial score (nSPS) is 14.2. The summed E-state index contributed by atoms with van der Waals surface area (Å²) >= 11 is 2.22. The molecule has 3 N–H and O–H groups in total. The van der Waals surface area contributed by atoms with Gasteiger partial charge in [0, 0.05) is 9.26 Å². The van der Waals surface area contributed by atoms with Crippen LogP contribution in [-0.2, 0) is 4.79 Å². The number of nitrogens with one attached hydrogen (secondary N) is 1.